The van der Waals surface area contributed by atoms with Crippen LogP contribution in [0.1, 0.15) is 0 Å². The van der Waals surface area contributed by atoms with Crippen molar-refractivity contribution in [2.45, 2.75) is 4.90 Å². The van der Waals surface area contributed by atoms with E-state index in [1.807, 2.05) is 6.07 Å². The molecule has 0 radical (unpaired) electrons. The van der Waals surface area contributed by atoms with E-state index in [2.05, 4.69) is 20.3 Å². The average molecular weight is 360 g/mol. The third kappa shape index (κ3) is 4.04. The summed E-state index contributed by atoms with van der Waals surface area (Å²) in [6, 6.07) is 11.9. The lowest BCUT2D eigenvalue weighted by Gasteiger charge is -2.06. The maximum Gasteiger partial charge on any atom is 0.411 e. The van der Waals surface area contributed by atoms with Gasteiger partial charge < -0.3 is 4.74 Å². The molecule has 0 bridgehead atoms. The van der Waals surface area contributed by atoms with Crippen LogP contribution < -0.4 is 5.32 Å². The van der Waals surface area contributed by atoms with Crippen LogP contribution in [0.25, 0.3) is 11.0 Å². The van der Waals surface area contributed by atoms with Crippen LogP contribution in [0.15, 0.2) is 52.0 Å². The summed E-state index contributed by atoms with van der Waals surface area (Å²) in [7, 11) is 0. The van der Waals surface area contributed by atoms with Gasteiger partial charge in [-0.2, -0.15) is 0 Å². The van der Waals surface area contributed by atoms with Gasteiger partial charge in [0.1, 0.15) is 6.61 Å². The number of hydrogen-bond donors (Lipinski definition) is 1. The molecule has 25 heavy (non-hydrogen) atoms. The highest BCUT2D eigenvalue weighted by molar-refractivity contribution is 7.99. The number of hydrogen-bond acceptors (Lipinski definition) is 8. The number of thioether (sulfide) groups is 1. The zero-order chi connectivity index (χ0) is 17.6. The molecule has 0 aliphatic rings. The Morgan fingerprint density at radius 2 is 1.96 bits per heavy atom. The van der Waals surface area contributed by atoms with Crippen LogP contribution in [0.2, 0.25) is 0 Å². The zero-order valence-electron chi connectivity index (χ0n) is 12.7. The molecule has 10 heteroatoms. The van der Waals surface area contributed by atoms with Crippen molar-refractivity contribution in [1.82, 2.24) is 10.3 Å². The Kier molecular flexibility index (Phi) is 5.09. The Morgan fingerprint density at radius 3 is 2.72 bits per heavy atom. The third-order valence-electron chi connectivity index (χ3n) is 3.15. The number of nitrogens with zero attached hydrogens (tertiary/aromatic N) is 3. The van der Waals surface area contributed by atoms with Crippen LogP contribution in [0.5, 0.6) is 0 Å². The molecule has 3 rings (SSSR count). The molecular formula is C15H12N4O5S. The molecule has 0 atom stereocenters. The van der Waals surface area contributed by atoms with E-state index in [4.69, 9.17) is 4.74 Å². The molecule has 0 unspecified atom stereocenters. The fraction of sp³-hybridized carbons (Fsp3) is 0.133. The highest BCUT2D eigenvalue weighted by Gasteiger charge is 2.19. The molecular weight excluding hydrogens is 348 g/mol. The molecule has 0 spiro atoms. The van der Waals surface area contributed by atoms with Crippen LogP contribution in [-0.2, 0) is 4.74 Å². The monoisotopic (exact) mass is 360 g/mol. The van der Waals surface area contributed by atoms with Crippen molar-refractivity contribution in [3.8, 4) is 0 Å². The predicted octanol–water partition coefficient (Wildman–Crippen LogP) is 3.47. The smallest absolute Gasteiger partial charge is 0.411 e. The molecule has 3 aromatic rings. The first-order valence-corrected chi connectivity index (χ1v) is 8.15. The van der Waals surface area contributed by atoms with Gasteiger partial charge in [-0.15, -0.1) is 11.8 Å². The number of para-hydroxylation sites is 1. The highest BCUT2D eigenvalue weighted by atomic mass is 32.2. The number of non-ortho nitro benzene ring substituents is 1. The molecule has 1 amide bonds. The van der Waals surface area contributed by atoms with Crippen molar-refractivity contribution in [2.24, 2.45) is 0 Å². The Labute approximate surface area is 145 Å². The van der Waals surface area contributed by atoms with E-state index in [0.29, 0.717) is 21.9 Å². The van der Waals surface area contributed by atoms with E-state index in [9.17, 15) is 14.9 Å². The molecule has 0 aliphatic carbocycles. The second kappa shape index (κ2) is 7.62. The molecule has 128 valence electrons. The van der Waals surface area contributed by atoms with Crippen molar-refractivity contribution in [2.75, 3.05) is 17.7 Å². The summed E-state index contributed by atoms with van der Waals surface area (Å²) in [4.78, 5) is 22.7. The average Bonchev–Trinajstić information content (AvgIpc) is 3.09. The van der Waals surface area contributed by atoms with Gasteiger partial charge in [-0.25, -0.2) is 9.42 Å². The lowest BCUT2D eigenvalue weighted by atomic mass is 10.3. The minimum absolute atomic E-state index is 0.0951. The van der Waals surface area contributed by atoms with E-state index >= 15 is 0 Å². The van der Waals surface area contributed by atoms with Crippen LogP contribution >= 0.6 is 11.8 Å². The second-order valence-electron chi connectivity index (χ2n) is 4.78. The quantitative estimate of drug-likeness (QED) is 0.307. The first-order valence-electron chi connectivity index (χ1n) is 7.16. The van der Waals surface area contributed by atoms with Gasteiger partial charge in [0, 0.05) is 22.4 Å². The molecule has 0 saturated carbocycles. The number of carbonyl (C=O) groups is 1. The first kappa shape index (κ1) is 16.7. The van der Waals surface area contributed by atoms with Crippen LogP contribution in [0, 0.1) is 10.1 Å². The standard InChI is InChI=1S/C15H12N4O5S/c20-15(16-10-4-2-1-3-5-10)23-8-9-25-12-7-6-11(19(21)22)13-14(12)18-24-17-13/h1-7H,8-9H2,(H,16,20). The molecule has 0 saturated heterocycles. The number of fused-ring (bicyclic) bond motifs is 1. The van der Waals surface area contributed by atoms with Gasteiger partial charge in [0.05, 0.1) is 4.92 Å². The topological polar surface area (TPSA) is 120 Å². The van der Waals surface area contributed by atoms with E-state index in [1.165, 1.54) is 17.8 Å². The number of aromatic nitrogens is 2. The fourth-order valence-corrected chi connectivity index (χ4v) is 2.88. The van der Waals surface area contributed by atoms with Gasteiger partial charge in [-0.05, 0) is 28.5 Å². The number of carbonyl (C=O) groups excluding carboxylic acids is 1. The number of nitrogens with one attached hydrogen (secondary N) is 1. The number of ether oxygens (including phenoxy) is 1. The minimum Gasteiger partial charge on any atom is -0.448 e. The number of benzene rings is 2. The van der Waals surface area contributed by atoms with Gasteiger partial charge in [-0.3, -0.25) is 15.4 Å². The third-order valence-corrected chi connectivity index (χ3v) is 4.16. The van der Waals surface area contributed by atoms with Crippen molar-refractivity contribution < 1.29 is 19.1 Å². The van der Waals surface area contributed by atoms with Crippen molar-refractivity contribution >= 4 is 40.3 Å². The summed E-state index contributed by atoms with van der Waals surface area (Å²) in [5, 5.41) is 20.8. The molecule has 0 fully saturated rings. The lowest BCUT2D eigenvalue weighted by Crippen LogP contribution is -2.15. The van der Waals surface area contributed by atoms with Gasteiger partial charge in [0.15, 0.2) is 5.52 Å². The molecule has 1 aromatic heterocycles. The molecule has 2 aromatic carbocycles. The van der Waals surface area contributed by atoms with Gasteiger partial charge in [0.25, 0.3) is 0 Å². The van der Waals surface area contributed by atoms with Gasteiger partial charge >= 0.3 is 11.8 Å². The molecule has 0 aliphatic heterocycles. The minimum atomic E-state index is -0.552. The second-order valence-corrected chi connectivity index (χ2v) is 5.91. The SMILES string of the molecule is O=C(Nc1ccccc1)OCCSc1ccc([N+](=O)[O-])c2nonc12. The summed E-state index contributed by atoms with van der Waals surface area (Å²) >= 11 is 1.33. The lowest BCUT2D eigenvalue weighted by molar-refractivity contribution is -0.383. The Bertz CT molecular complexity index is 899. The number of nitro benzene ring substituents is 1. The molecule has 1 N–H and O–H groups in total. The van der Waals surface area contributed by atoms with Crippen molar-refractivity contribution in [1.29, 1.82) is 0 Å². The van der Waals surface area contributed by atoms with E-state index in [-0.39, 0.29) is 17.8 Å². The first-order chi connectivity index (χ1) is 12.1. The number of rotatable bonds is 6. The maximum absolute atomic E-state index is 11.7. The highest BCUT2D eigenvalue weighted by Crippen LogP contribution is 2.31. The predicted molar refractivity (Wildman–Crippen MR) is 90.6 cm³/mol. The summed E-state index contributed by atoms with van der Waals surface area (Å²) in [5.74, 6) is 0.446. The van der Waals surface area contributed by atoms with Crippen LogP contribution in [0.4, 0.5) is 16.2 Å². The zero-order valence-corrected chi connectivity index (χ0v) is 13.6. The Balaban J connectivity index is 1.53. The number of nitro groups is 1. The van der Waals surface area contributed by atoms with Crippen LogP contribution in [0.3, 0.4) is 0 Å². The summed E-state index contributed by atoms with van der Waals surface area (Å²) in [6.07, 6.45) is -0.552. The van der Waals surface area contributed by atoms with Crippen molar-refractivity contribution in [3.63, 3.8) is 0 Å². The van der Waals surface area contributed by atoms with Crippen molar-refractivity contribution in [3.05, 3.63) is 52.6 Å². The number of anilines is 1. The molecule has 9 nitrogen and oxygen atoms in total. The van der Waals surface area contributed by atoms with E-state index < -0.39 is 11.0 Å². The maximum atomic E-state index is 11.7. The van der Waals surface area contributed by atoms with Gasteiger partial charge in [-0.1, -0.05) is 18.2 Å². The fourth-order valence-electron chi connectivity index (χ4n) is 2.06. The van der Waals surface area contributed by atoms with E-state index in [1.54, 1.807) is 30.3 Å². The summed E-state index contributed by atoms with van der Waals surface area (Å²) in [6.45, 7) is 0.160. The normalized spacial score (nSPS) is 10.6. The Hall–Kier alpha value is -3.14. The number of amides is 1. The molecule has 1 heterocycles. The van der Waals surface area contributed by atoms with E-state index in [0.717, 1.165) is 0 Å². The van der Waals surface area contributed by atoms with Crippen LogP contribution in [-0.4, -0.2) is 33.7 Å². The Morgan fingerprint density at radius 1 is 1.20 bits per heavy atom. The summed E-state index contributed by atoms with van der Waals surface area (Å²) in [5.41, 5.74) is 0.885. The summed E-state index contributed by atoms with van der Waals surface area (Å²) < 4.78 is 9.68. The van der Waals surface area contributed by atoms with Gasteiger partial charge in [0.2, 0.25) is 5.52 Å². The largest absolute Gasteiger partial charge is 0.448 e.